The third kappa shape index (κ3) is 4.94. The van der Waals surface area contributed by atoms with E-state index in [2.05, 4.69) is 10.2 Å². The lowest BCUT2D eigenvalue weighted by molar-refractivity contribution is -0.117. The van der Waals surface area contributed by atoms with Crippen molar-refractivity contribution in [1.29, 1.82) is 0 Å². The Balaban J connectivity index is 0.00000200. The zero-order valence-electron chi connectivity index (χ0n) is 11.5. The minimum absolute atomic E-state index is 0. The molecule has 0 saturated carbocycles. The average Bonchev–Trinajstić information content (AvgIpc) is 2.77. The number of nitrogens with two attached hydrogens (primary N) is 1. The summed E-state index contributed by atoms with van der Waals surface area (Å²) in [5, 5.41) is 3.48. The highest BCUT2D eigenvalue weighted by Crippen LogP contribution is 2.19. The predicted octanol–water partition coefficient (Wildman–Crippen LogP) is 2.37. The molecular weight excluding hydrogens is 297 g/mol. The molecule has 0 spiro atoms. The molecule has 1 aromatic rings. The summed E-state index contributed by atoms with van der Waals surface area (Å²) in [4.78, 5) is 14.1. The lowest BCUT2D eigenvalue weighted by Gasteiger charge is -2.17. The van der Waals surface area contributed by atoms with Gasteiger partial charge in [-0.2, -0.15) is 0 Å². The van der Waals surface area contributed by atoms with Crippen LogP contribution in [-0.4, -0.2) is 36.5 Å². The third-order valence-electron chi connectivity index (χ3n) is 3.53. The molecule has 20 heavy (non-hydrogen) atoms. The van der Waals surface area contributed by atoms with Gasteiger partial charge < -0.3 is 11.1 Å². The number of halogens is 2. The summed E-state index contributed by atoms with van der Waals surface area (Å²) in [7, 11) is 0. The molecule has 112 valence electrons. The Morgan fingerprint density at radius 1 is 1.60 bits per heavy atom. The van der Waals surface area contributed by atoms with Gasteiger partial charge in [-0.05, 0) is 44.0 Å². The largest absolute Gasteiger partial charge is 0.328 e. The SMILES string of the molecule is CC(N)C1CCN(CC(=O)Nc2cccc(Cl)c2)C1.Cl. The van der Waals surface area contributed by atoms with E-state index in [4.69, 9.17) is 17.3 Å². The molecule has 0 radical (unpaired) electrons. The molecule has 1 fully saturated rings. The maximum atomic E-state index is 11.9. The van der Waals surface area contributed by atoms with Crippen LogP contribution in [0.15, 0.2) is 24.3 Å². The summed E-state index contributed by atoms with van der Waals surface area (Å²) < 4.78 is 0. The number of nitrogens with one attached hydrogen (secondary N) is 1. The zero-order valence-corrected chi connectivity index (χ0v) is 13.1. The first-order chi connectivity index (χ1) is 9.04. The van der Waals surface area contributed by atoms with Crippen molar-refractivity contribution in [2.24, 2.45) is 11.7 Å². The van der Waals surface area contributed by atoms with Crippen molar-refractivity contribution in [2.75, 3.05) is 25.0 Å². The number of nitrogens with zero attached hydrogens (tertiary/aromatic N) is 1. The summed E-state index contributed by atoms with van der Waals surface area (Å²) in [5.41, 5.74) is 6.63. The van der Waals surface area contributed by atoms with Crippen LogP contribution in [0.4, 0.5) is 5.69 Å². The number of likely N-dealkylation sites (tertiary alicyclic amines) is 1. The number of anilines is 1. The second-order valence-electron chi connectivity index (χ2n) is 5.20. The fourth-order valence-corrected chi connectivity index (χ4v) is 2.60. The predicted molar refractivity (Wildman–Crippen MR) is 85.5 cm³/mol. The van der Waals surface area contributed by atoms with Crippen molar-refractivity contribution in [2.45, 2.75) is 19.4 Å². The number of carbonyl (C=O) groups excluding carboxylic acids is 1. The first-order valence-electron chi connectivity index (χ1n) is 6.58. The van der Waals surface area contributed by atoms with E-state index in [9.17, 15) is 4.79 Å². The van der Waals surface area contributed by atoms with Gasteiger partial charge in [0, 0.05) is 23.3 Å². The molecule has 6 heteroatoms. The summed E-state index contributed by atoms with van der Waals surface area (Å²) in [6.07, 6.45) is 1.07. The molecule has 1 amide bonds. The molecule has 2 unspecified atom stereocenters. The van der Waals surface area contributed by atoms with Crippen LogP contribution >= 0.6 is 24.0 Å². The molecule has 4 nitrogen and oxygen atoms in total. The van der Waals surface area contributed by atoms with Crippen LogP contribution in [0.25, 0.3) is 0 Å². The van der Waals surface area contributed by atoms with Crippen LogP contribution < -0.4 is 11.1 Å². The highest BCUT2D eigenvalue weighted by Gasteiger charge is 2.26. The molecule has 1 aromatic carbocycles. The van der Waals surface area contributed by atoms with Crippen LogP contribution in [0, 0.1) is 5.92 Å². The van der Waals surface area contributed by atoms with Crippen LogP contribution in [0.2, 0.25) is 5.02 Å². The van der Waals surface area contributed by atoms with Crippen LogP contribution in [0.1, 0.15) is 13.3 Å². The summed E-state index contributed by atoms with van der Waals surface area (Å²) in [6.45, 7) is 4.28. The van der Waals surface area contributed by atoms with Crippen molar-refractivity contribution >= 4 is 35.6 Å². The fraction of sp³-hybridized carbons (Fsp3) is 0.500. The van der Waals surface area contributed by atoms with Gasteiger partial charge in [-0.25, -0.2) is 0 Å². The zero-order chi connectivity index (χ0) is 13.8. The first-order valence-corrected chi connectivity index (χ1v) is 6.96. The molecule has 2 rings (SSSR count). The van der Waals surface area contributed by atoms with Crippen molar-refractivity contribution in [3.8, 4) is 0 Å². The van der Waals surface area contributed by atoms with Gasteiger partial charge in [-0.3, -0.25) is 9.69 Å². The quantitative estimate of drug-likeness (QED) is 0.896. The normalized spacial score (nSPS) is 20.2. The minimum atomic E-state index is -0.00686. The van der Waals surface area contributed by atoms with Gasteiger partial charge in [0.05, 0.1) is 6.54 Å². The molecule has 1 saturated heterocycles. The highest BCUT2D eigenvalue weighted by atomic mass is 35.5. The molecule has 0 bridgehead atoms. The Morgan fingerprint density at radius 2 is 2.35 bits per heavy atom. The lowest BCUT2D eigenvalue weighted by Crippen LogP contribution is -2.34. The molecular formula is C14H21Cl2N3O. The lowest BCUT2D eigenvalue weighted by atomic mass is 10.0. The van der Waals surface area contributed by atoms with Gasteiger partial charge in [-0.1, -0.05) is 17.7 Å². The van der Waals surface area contributed by atoms with Gasteiger partial charge in [0.25, 0.3) is 0 Å². The molecule has 0 aromatic heterocycles. The summed E-state index contributed by atoms with van der Waals surface area (Å²) in [5.74, 6) is 0.492. The van der Waals surface area contributed by atoms with E-state index >= 15 is 0 Å². The maximum Gasteiger partial charge on any atom is 0.238 e. The standard InChI is InChI=1S/C14H20ClN3O.ClH/c1-10(16)11-5-6-18(8-11)9-14(19)17-13-4-2-3-12(15)7-13;/h2-4,7,10-11H,5-6,8-9,16H2,1H3,(H,17,19);1H. The van der Waals surface area contributed by atoms with E-state index in [1.165, 1.54) is 0 Å². The Kier molecular flexibility index (Phi) is 6.76. The maximum absolute atomic E-state index is 11.9. The summed E-state index contributed by atoms with van der Waals surface area (Å²) >= 11 is 5.88. The van der Waals surface area contributed by atoms with E-state index in [-0.39, 0.29) is 24.4 Å². The van der Waals surface area contributed by atoms with Crippen LogP contribution in [0.3, 0.4) is 0 Å². The first kappa shape index (κ1) is 17.2. The number of amides is 1. The molecule has 1 aliphatic heterocycles. The smallest absolute Gasteiger partial charge is 0.238 e. The minimum Gasteiger partial charge on any atom is -0.328 e. The number of carbonyl (C=O) groups is 1. The van der Waals surface area contributed by atoms with E-state index in [1.54, 1.807) is 12.1 Å². The Morgan fingerprint density at radius 3 is 2.95 bits per heavy atom. The molecule has 1 heterocycles. The Labute approximate surface area is 131 Å². The number of hydrogen-bond acceptors (Lipinski definition) is 3. The Bertz CT molecular complexity index is 454. The molecule has 0 aliphatic carbocycles. The van der Waals surface area contributed by atoms with E-state index in [0.717, 1.165) is 25.2 Å². The number of hydrogen-bond donors (Lipinski definition) is 2. The third-order valence-corrected chi connectivity index (χ3v) is 3.76. The molecule has 3 N–H and O–H groups in total. The second kappa shape index (κ2) is 7.84. The van der Waals surface area contributed by atoms with E-state index < -0.39 is 0 Å². The van der Waals surface area contributed by atoms with Crippen molar-refractivity contribution in [1.82, 2.24) is 4.90 Å². The van der Waals surface area contributed by atoms with Gasteiger partial charge in [0.2, 0.25) is 5.91 Å². The van der Waals surface area contributed by atoms with Gasteiger partial charge in [0.1, 0.15) is 0 Å². The fourth-order valence-electron chi connectivity index (χ4n) is 2.41. The second-order valence-corrected chi connectivity index (χ2v) is 5.64. The van der Waals surface area contributed by atoms with E-state index in [0.29, 0.717) is 17.5 Å². The van der Waals surface area contributed by atoms with Gasteiger partial charge in [0.15, 0.2) is 0 Å². The van der Waals surface area contributed by atoms with Crippen LogP contribution in [-0.2, 0) is 4.79 Å². The monoisotopic (exact) mass is 317 g/mol. The molecule has 2 atom stereocenters. The topological polar surface area (TPSA) is 58.4 Å². The van der Waals surface area contributed by atoms with Crippen LogP contribution in [0.5, 0.6) is 0 Å². The Hall–Kier alpha value is -0.810. The van der Waals surface area contributed by atoms with Crippen molar-refractivity contribution in [3.05, 3.63) is 29.3 Å². The highest BCUT2D eigenvalue weighted by molar-refractivity contribution is 6.30. The van der Waals surface area contributed by atoms with Crippen molar-refractivity contribution < 1.29 is 4.79 Å². The van der Waals surface area contributed by atoms with Gasteiger partial charge in [-0.15, -0.1) is 12.4 Å². The average molecular weight is 318 g/mol. The van der Waals surface area contributed by atoms with Gasteiger partial charge >= 0.3 is 0 Å². The molecule has 1 aliphatic rings. The summed E-state index contributed by atoms with van der Waals surface area (Å²) in [6, 6.07) is 7.37. The van der Waals surface area contributed by atoms with Crippen molar-refractivity contribution in [3.63, 3.8) is 0 Å². The number of rotatable bonds is 4. The number of benzene rings is 1. The van der Waals surface area contributed by atoms with E-state index in [1.807, 2.05) is 19.1 Å².